The highest BCUT2D eigenvalue weighted by Gasteiger charge is 2.45. The summed E-state index contributed by atoms with van der Waals surface area (Å²) in [5.41, 5.74) is 7.57. The largest absolute Gasteiger partial charge is 0.326 e. The van der Waals surface area contributed by atoms with Crippen LogP contribution in [0.15, 0.2) is 21.5 Å². The Morgan fingerprint density at radius 1 is 1.45 bits per heavy atom. The minimum Gasteiger partial charge on any atom is -0.326 e. The summed E-state index contributed by atoms with van der Waals surface area (Å²) >= 11 is 3.36. The fourth-order valence-corrected chi connectivity index (χ4v) is 4.48. The predicted octanol–water partition coefficient (Wildman–Crippen LogP) is 2.54. The Morgan fingerprint density at radius 2 is 2.05 bits per heavy atom. The minimum absolute atomic E-state index is 0.259. The van der Waals surface area contributed by atoms with E-state index in [-0.39, 0.29) is 10.3 Å². The molecular formula is C14H21BrN2O2S. The van der Waals surface area contributed by atoms with Crippen molar-refractivity contribution >= 4 is 26.0 Å². The first-order valence-corrected chi connectivity index (χ1v) is 8.94. The lowest BCUT2D eigenvalue weighted by Gasteiger charge is -2.12. The van der Waals surface area contributed by atoms with Crippen molar-refractivity contribution in [3.63, 3.8) is 0 Å². The molecule has 0 aromatic heterocycles. The number of sulfonamides is 1. The minimum atomic E-state index is -3.50. The molecule has 0 spiro atoms. The van der Waals surface area contributed by atoms with Gasteiger partial charge in [0.1, 0.15) is 0 Å². The van der Waals surface area contributed by atoms with Gasteiger partial charge in [-0.15, -0.1) is 0 Å². The lowest BCUT2D eigenvalue weighted by Crippen LogP contribution is -2.27. The van der Waals surface area contributed by atoms with Gasteiger partial charge in [0, 0.05) is 17.6 Å². The van der Waals surface area contributed by atoms with Gasteiger partial charge in [0.05, 0.1) is 4.90 Å². The maximum atomic E-state index is 12.4. The van der Waals surface area contributed by atoms with Crippen LogP contribution in [-0.2, 0) is 16.6 Å². The SMILES string of the molecule is Cc1cc(CN)cc(S(=O)(=O)NCC2CC2(C)C)c1Br. The topological polar surface area (TPSA) is 72.2 Å². The Bertz CT molecular complexity index is 626. The van der Waals surface area contributed by atoms with Gasteiger partial charge in [0.2, 0.25) is 10.0 Å². The second kappa shape index (κ2) is 5.40. The molecule has 1 aromatic rings. The normalized spacial score (nSPS) is 20.9. The van der Waals surface area contributed by atoms with Crippen molar-refractivity contribution in [3.8, 4) is 0 Å². The maximum absolute atomic E-state index is 12.4. The van der Waals surface area contributed by atoms with Crippen LogP contribution in [0.3, 0.4) is 0 Å². The van der Waals surface area contributed by atoms with Crippen molar-refractivity contribution in [3.05, 3.63) is 27.7 Å². The van der Waals surface area contributed by atoms with Gasteiger partial charge in [0.25, 0.3) is 0 Å². The third-order valence-electron chi connectivity index (χ3n) is 4.04. The van der Waals surface area contributed by atoms with Gasteiger partial charge in [-0.25, -0.2) is 13.1 Å². The van der Waals surface area contributed by atoms with E-state index in [0.29, 0.717) is 23.5 Å². The third-order valence-corrected chi connectivity index (χ3v) is 6.81. The van der Waals surface area contributed by atoms with Crippen molar-refractivity contribution in [1.82, 2.24) is 4.72 Å². The lowest BCUT2D eigenvalue weighted by atomic mass is 10.1. The number of nitrogens with two attached hydrogens (primary N) is 1. The van der Waals surface area contributed by atoms with E-state index in [0.717, 1.165) is 17.5 Å². The molecule has 2 rings (SSSR count). The molecule has 1 aliphatic carbocycles. The molecule has 0 amide bonds. The Morgan fingerprint density at radius 3 is 2.55 bits per heavy atom. The average molecular weight is 361 g/mol. The number of nitrogens with one attached hydrogen (secondary N) is 1. The van der Waals surface area contributed by atoms with Crippen molar-refractivity contribution < 1.29 is 8.42 Å². The summed E-state index contributed by atoms with van der Waals surface area (Å²) in [6.45, 7) is 6.99. The fraction of sp³-hybridized carbons (Fsp3) is 0.571. The molecule has 0 bridgehead atoms. The molecule has 1 unspecified atom stereocenters. The van der Waals surface area contributed by atoms with Crippen LogP contribution in [0, 0.1) is 18.3 Å². The quantitative estimate of drug-likeness (QED) is 0.847. The summed E-state index contributed by atoms with van der Waals surface area (Å²) in [5.74, 6) is 0.426. The smallest absolute Gasteiger partial charge is 0.241 e. The highest BCUT2D eigenvalue weighted by atomic mass is 79.9. The van der Waals surface area contributed by atoms with Gasteiger partial charge in [-0.05, 0) is 57.8 Å². The number of halogens is 1. The summed E-state index contributed by atoms with van der Waals surface area (Å²) < 4.78 is 28.2. The molecule has 112 valence electrons. The molecule has 1 aliphatic rings. The number of hydrogen-bond donors (Lipinski definition) is 2. The molecular weight excluding hydrogens is 340 g/mol. The molecule has 1 fully saturated rings. The molecule has 1 saturated carbocycles. The molecule has 0 saturated heterocycles. The summed E-state index contributed by atoms with van der Waals surface area (Å²) in [7, 11) is -3.50. The molecule has 0 radical (unpaired) electrons. The van der Waals surface area contributed by atoms with Crippen LogP contribution in [0.5, 0.6) is 0 Å². The first-order chi connectivity index (χ1) is 9.17. The van der Waals surface area contributed by atoms with E-state index in [1.165, 1.54) is 0 Å². The van der Waals surface area contributed by atoms with E-state index in [4.69, 9.17) is 5.73 Å². The zero-order valence-corrected chi connectivity index (χ0v) is 14.4. The van der Waals surface area contributed by atoms with Crippen LogP contribution in [-0.4, -0.2) is 15.0 Å². The lowest BCUT2D eigenvalue weighted by molar-refractivity contribution is 0.537. The van der Waals surface area contributed by atoms with E-state index in [1.54, 1.807) is 6.07 Å². The highest BCUT2D eigenvalue weighted by Crippen LogP contribution is 2.51. The van der Waals surface area contributed by atoms with Gasteiger partial charge >= 0.3 is 0 Å². The summed E-state index contributed by atoms with van der Waals surface area (Å²) in [6.07, 6.45) is 1.07. The second-order valence-electron chi connectivity index (χ2n) is 6.17. The average Bonchev–Trinajstić information content (AvgIpc) is 2.98. The molecule has 20 heavy (non-hydrogen) atoms. The summed E-state index contributed by atoms with van der Waals surface area (Å²) in [5, 5.41) is 0. The summed E-state index contributed by atoms with van der Waals surface area (Å²) in [4.78, 5) is 0.274. The zero-order chi connectivity index (χ0) is 15.1. The van der Waals surface area contributed by atoms with Crippen LogP contribution in [0.2, 0.25) is 0 Å². The van der Waals surface area contributed by atoms with Crippen LogP contribution >= 0.6 is 15.9 Å². The van der Waals surface area contributed by atoms with Crippen molar-refractivity contribution in [2.75, 3.05) is 6.54 Å². The van der Waals surface area contributed by atoms with E-state index < -0.39 is 10.0 Å². The van der Waals surface area contributed by atoms with Gasteiger partial charge < -0.3 is 5.73 Å². The van der Waals surface area contributed by atoms with Crippen LogP contribution in [0.4, 0.5) is 0 Å². The zero-order valence-electron chi connectivity index (χ0n) is 12.0. The van der Waals surface area contributed by atoms with Crippen molar-refractivity contribution in [1.29, 1.82) is 0 Å². The molecule has 0 heterocycles. The van der Waals surface area contributed by atoms with Gasteiger partial charge in [-0.3, -0.25) is 0 Å². The number of hydrogen-bond acceptors (Lipinski definition) is 3. The monoisotopic (exact) mass is 360 g/mol. The molecule has 1 atom stereocenters. The number of benzene rings is 1. The van der Waals surface area contributed by atoms with Gasteiger partial charge in [-0.1, -0.05) is 19.9 Å². The van der Waals surface area contributed by atoms with Crippen LogP contribution in [0.1, 0.15) is 31.4 Å². The van der Waals surface area contributed by atoms with Gasteiger partial charge in [0.15, 0.2) is 0 Å². The van der Waals surface area contributed by atoms with E-state index in [1.807, 2.05) is 13.0 Å². The number of rotatable bonds is 5. The molecule has 3 N–H and O–H groups in total. The maximum Gasteiger partial charge on any atom is 0.241 e. The van der Waals surface area contributed by atoms with E-state index in [9.17, 15) is 8.42 Å². The molecule has 6 heteroatoms. The molecule has 1 aromatic carbocycles. The van der Waals surface area contributed by atoms with Gasteiger partial charge in [-0.2, -0.15) is 0 Å². The Kier molecular flexibility index (Phi) is 4.31. The van der Waals surface area contributed by atoms with Crippen LogP contribution in [0.25, 0.3) is 0 Å². The fourth-order valence-electron chi connectivity index (χ4n) is 2.34. The third kappa shape index (κ3) is 3.24. The van der Waals surface area contributed by atoms with E-state index >= 15 is 0 Å². The summed E-state index contributed by atoms with van der Waals surface area (Å²) in [6, 6.07) is 3.53. The van der Waals surface area contributed by atoms with Crippen LogP contribution < -0.4 is 10.5 Å². The first-order valence-electron chi connectivity index (χ1n) is 6.66. The second-order valence-corrected chi connectivity index (χ2v) is 8.70. The van der Waals surface area contributed by atoms with Crippen molar-refractivity contribution in [2.24, 2.45) is 17.1 Å². The molecule has 0 aliphatic heterocycles. The Balaban J connectivity index is 2.23. The van der Waals surface area contributed by atoms with E-state index in [2.05, 4.69) is 34.5 Å². The Hall–Kier alpha value is -0.430. The predicted molar refractivity (Wildman–Crippen MR) is 83.8 cm³/mol. The highest BCUT2D eigenvalue weighted by molar-refractivity contribution is 9.10. The number of aryl methyl sites for hydroxylation is 1. The first kappa shape index (κ1) is 15.9. The van der Waals surface area contributed by atoms with Crippen molar-refractivity contribution in [2.45, 2.75) is 38.6 Å². The molecule has 4 nitrogen and oxygen atoms in total. The standard InChI is InChI=1S/C14H21BrN2O2S/c1-9-4-10(7-16)5-12(13(9)15)20(18,19)17-8-11-6-14(11,2)3/h4-5,11,17H,6-8,16H2,1-3H3. The Labute approximate surface area is 129 Å².